The third-order valence-electron chi connectivity index (χ3n) is 6.85. The standard InChI is InChI=1S/C29H40N2O3/c1-5-27(29(33)30-25-13-7-6-8-14-25)31(19-24-12-10-9-11-22(24)4)28(32)20-34-26-17-15-23(16-18-26)21(2)3/h9-12,15-18,21,25,27H,5-8,13-14,19-20H2,1-4H3,(H,30,33). The predicted octanol–water partition coefficient (Wildman–Crippen LogP) is 5.75. The zero-order valence-electron chi connectivity index (χ0n) is 21.2. The van der Waals surface area contributed by atoms with Gasteiger partial charge in [-0.05, 0) is 60.9 Å². The molecule has 0 radical (unpaired) electrons. The summed E-state index contributed by atoms with van der Waals surface area (Å²) >= 11 is 0. The first-order chi connectivity index (χ1) is 16.4. The Labute approximate surface area is 204 Å². The van der Waals surface area contributed by atoms with E-state index in [-0.39, 0.29) is 24.5 Å². The molecule has 1 aliphatic rings. The number of rotatable bonds is 10. The Morgan fingerprint density at radius 3 is 2.32 bits per heavy atom. The molecule has 0 spiro atoms. The van der Waals surface area contributed by atoms with Gasteiger partial charge in [-0.15, -0.1) is 0 Å². The number of amides is 2. The number of carbonyl (C=O) groups excluding carboxylic acids is 2. The summed E-state index contributed by atoms with van der Waals surface area (Å²) in [5.41, 5.74) is 3.37. The first-order valence-corrected chi connectivity index (χ1v) is 12.8. The fourth-order valence-corrected chi connectivity index (χ4v) is 4.61. The van der Waals surface area contributed by atoms with Crippen LogP contribution in [0, 0.1) is 6.92 Å². The van der Waals surface area contributed by atoms with Crippen molar-refractivity contribution in [2.24, 2.45) is 0 Å². The zero-order chi connectivity index (χ0) is 24.5. The molecular formula is C29H40N2O3. The number of aryl methyl sites for hydroxylation is 1. The van der Waals surface area contributed by atoms with E-state index in [0.29, 0.717) is 24.6 Å². The number of carbonyl (C=O) groups is 2. The Hall–Kier alpha value is -2.82. The summed E-state index contributed by atoms with van der Waals surface area (Å²) in [6.45, 7) is 8.58. The molecule has 1 aliphatic carbocycles. The topological polar surface area (TPSA) is 58.6 Å². The summed E-state index contributed by atoms with van der Waals surface area (Å²) in [6.07, 6.45) is 6.12. The average molecular weight is 465 g/mol. The van der Waals surface area contributed by atoms with E-state index in [1.54, 1.807) is 4.90 Å². The van der Waals surface area contributed by atoms with Crippen LogP contribution >= 0.6 is 0 Å². The summed E-state index contributed by atoms with van der Waals surface area (Å²) in [6, 6.07) is 15.6. The van der Waals surface area contributed by atoms with Gasteiger partial charge >= 0.3 is 0 Å². The number of hydrogen-bond acceptors (Lipinski definition) is 3. The van der Waals surface area contributed by atoms with E-state index in [0.717, 1.165) is 36.8 Å². The molecule has 2 aromatic carbocycles. The first kappa shape index (κ1) is 25.8. The van der Waals surface area contributed by atoms with Crippen LogP contribution in [0.1, 0.15) is 81.9 Å². The van der Waals surface area contributed by atoms with Gasteiger partial charge in [-0.3, -0.25) is 9.59 Å². The molecular weight excluding hydrogens is 424 g/mol. The van der Waals surface area contributed by atoms with E-state index in [9.17, 15) is 9.59 Å². The van der Waals surface area contributed by atoms with Crippen molar-refractivity contribution in [1.82, 2.24) is 10.2 Å². The highest BCUT2D eigenvalue weighted by molar-refractivity contribution is 5.88. The van der Waals surface area contributed by atoms with Gasteiger partial charge in [-0.25, -0.2) is 0 Å². The van der Waals surface area contributed by atoms with Crippen molar-refractivity contribution in [3.8, 4) is 5.75 Å². The van der Waals surface area contributed by atoms with Crippen LogP contribution < -0.4 is 10.1 Å². The predicted molar refractivity (Wildman–Crippen MR) is 137 cm³/mol. The van der Waals surface area contributed by atoms with Crippen LogP contribution in [0.5, 0.6) is 5.75 Å². The molecule has 0 aromatic heterocycles. The van der Waals surface area contributed by atoms with Gasteiger partial charge in [-0.2, -0.15) is 0 Å². The first-order valence-electron chi connectivity index (χ1n) is 12.8. The van der Waals surface area contributed by atoms with Gasteiger partial charge in [0.15, 0.2) is 6.61 Å². The lowest BCUT2D eigenvalue weighted by molar-refractivity contribution is -0.143. The SMILES string of the molecule is CCC(C(=O)NC1CCCCC1)N(Cc1ccccc1C)C(=O)COc1ccc(C(C)C)cc1. The normalized spacial score (nSPS) is 15.1. The zero-order valence-corrected chi connectivity index (χ0v) is 21.2. The highest BCUT2D eigenvalue weighted by Crippen LogP contribution is 2.21. The average Bonchev–Trinajstić information content (AvgIpc) is 2.84. The molecule has 5 nitrogen and oxygen atoms in total. The van der Waals surface area contributed by atoms with Gasteiger partial charge in [0.1, 0.15) is 11.8 Å². The molecule has 3 rings (SSSR count). The monoisotopic (exact) mass is 464 g/mol. The van der Waals surface area contributed by atoms with Gasteiger partial charge in [0.25, 0.3) is 5.91 Å². The Morgan fingerprint density at radius 2 is 1.71 bits per heavy atom. The molecule has 0 saturated heterocycles. The molecule has 1 unspecified atom stereocenters. The molecule has 0 bridgehead atoms. The third-order valence-corrected chi connectivity index (χ3v) is 6.85. The molecule has 2 aromatic rings. The number of ether oxygens (including phenoxy) is 1. The van der Waals surface area contributed by atoms with Gasteiger partial charge in [0, 0.05) is 12.6 Å². The van der Waals surface area contributed by atoms with E-state index in [2.05, 4.69) is 19.2 Å². The van der Waals surface area contributed by atoms with Gasteiger partial charge in [-0.1, -0.05) is 76.4 Å². The van der Waals surface area contributed by atoms with Crippen LogP contribution in [0.25, 0.3) is 0 Å². The van der Waals surface area contributed by atoms with E-state index >= 15 is 0 Å². The molecule has 1 saturated carbocycles. The molecule has 34 heavy (non-hydrogen) atoms. The molecule has 1 N–H and O–H groups in total. The molecule has 5 heteroatoms. The summed E-state index contributed by atoms with van der Waals surface area (Å²) in [7, 11) is 0. The van der Waals surface area contributed by atoms with Gasteiger partial charge in [0.05, 0.1) is 0 Å². The van der Waals surface area contributed by atoms with Crippen LogP contribution in [-0.4, -0.2) is 35.4 Å². The summed E-state index contributed by atoms with van der Waals surface area (Å²) in [5.74, 6) is 0.862. The Kier molecular flexibility index (Phi) is 9.55. The molecule has 184 valence electrons. The second-order valence-electron chi connectivity index (χ2n) is 9.73. The fraction of sp³-hybridized carbons (Fsp3) is 0.517. The quantitative estimate of drug-likeness (QED) is 0.487. The van der Waals surface area contributed by atoms with Crippen LogP contribution in [0.3, 0.4) is 0 Å². The molecule has 2 amide bonds. The largest absolute Gasteiger partial charge is 0.484 e. The summed E-state index contributed by atoms with van der Waals surface area (Å²) < 4.78 is 5.85. The van der Waals surface area contributed by atoms with E-state index < -0.39 is 6.04 Å². The van der Waals surface area contributed by atoms with E-state index in [4.69, 9.17) is 4.74 Å². The third kappa shape index (κ3) is 7.09. The lowest BCUT2D eigenvalue weighted by atomic mass is 9.95. The summed E-state index contributed by atoms with van der Waals surface area (Å²) in [4.78, 5) is 28.4. The van der Waals surface area contributed by atoms with Crippen LogP contribution in [0.4, 0.5) is 0 Å². The molecule has 0 aliphatic heterocycles. The van der Waals surface area contributed by atoms with Crippen molar-refractivity contribution < 1.29 is 14.3 Å². The minimum absolute atomic E-state index is 0.0578. The maximum absolute atomic E-state index is 13.4. The maximum atomic E-state index is 13.4. The minimum atomic E-state index is -0.527. The lowest BCUT2D eigenvalue weighted by Gasteiger charge is -2.33. The van der Waals surface area contributed by atoms with Gasteiger partial charge < -0.3 is 15.0 Å². The number of benzene rings is 2. The van der Waals surface area contributed by atoms with Crippen LogP contribution in [0.2, 0.25) is 0 Å². The Morgan fingerprint density at radius 1 is 1.03 bits per heavy atom. The van der Waals surface area contributed by atoms with Crippen molar-refractivity contribution in [1.29, 1.82) is 0 Å². The van der Waals surface area contributed by atoms with Gasteiger partial charge in [0.2, 0.25) is 5.91 Å². The molecule has 1 atom stereocenters. The van der Waals surface area contributed by atoms with Crippen LogP contribution in [0.15, 0.2) is 48.5 Å². The van der Waals surface area contributed by atoms with E-state index in [1.165, 1.54) is 12.0 Å². The van der Waals surface area contributed by atoms with Crippen molar-refractivity contribution in [2.45, 2.75) is 90.8 Å². The number of nitrogens with one attached hydrogen (secondary N) is 1. The highest BCUT2D eigenvalue weighted by atomic mass is 16.5. The van der Waals surface area contributed by atoms with Crippen molar-refractivity contribution in [2.75, 3.05) is 6.61 Å². The van der Waals surface area contributed by atoms with Crippen molar-refractivity contribution >= 4 is 11.8 Å². The second-order valence-corrected chi connectivity index (χ2v) is 9.73. The fourth-order valence-electron chi connectivity index (χ4n) is 4.61. The smallest absolute Gasteiger partial charge is 0.261 e. The number of hydrogen-bond donors (Lipinski definition) is 1. The Balaban J connectivity index is 1.74. The summed E-state index contributed by atoms with van der Waals surface area (Å²) in [5, 5.41) is 3.22. The second kappa shape index (κ2) is 12.6. The Bertz CT molecular complexity index is 933. The minimum Gasteiger partial charge on any atom is -0.484 e. The molecule has 0 heterocycles. The van der Waals surface area contributed by atoms with E-state index in [1.807, 2.05) is 62.4 Å². The highest BCUT2D eigenvalue weighted by Gasteiger charge is 2.30. The molecule has 1 fully saturated rings. The maximum Gasteiger partial charge on any atom is 0.261 e. The van der Waals surface area contributed by atoms with Crippen molar-refractivity contribution in [3.05, 3.63) is 65.2 Å². The number of nitrogens with zero attached hydrogens (tertiary/aromatic N) is 1. The van der Waals surface area contributed by atoms with Crippen LogP contribution in [-0.2, 0) is 16.1 Å². The van der Waals surface area contributed by atoms with Crippen molar-refractivity contribution in [3.63, 3.8) is 0 Å². The lowest BCUT2D eigenvalue weighted by Crippen LogP contribution is -2.52.